The Balaban J connectivity index is 1.81. The molecule has 6 nitrogen and oxygen atoms in total. The van der Waals surface area contributed by atoms with Crippen LogP contribution in [0.3, 0.4) is 0 Å². The van der Waals surface area contributed by atoms with Crippen molar-refractivity contribution in [1.82, 2.24) is 0 Å². The van der Waals surface area contributed by atoms with E-state index >= 15 is 4.39 Å². The molecule has 188 valence electrons. The Morgan fingerprint density at radius 2 is 2.00 bits per heavy atom. The van der Waals surface area contributed by atoms with Gasteiger partial charge in [-0.3, -0.25) is 14.4 Å². The first-order valence-corrected chi connectivity index (χ1v) is 13.2. The van der Waals surface area contributed by atoms with Crippen LogP contribution in [0, 0.1) is 28.6 Å². The van der Waals surface area contributed by atoms with E-state index in [-0.39, 0.29) is 31.0 Å². The number of carbonyl (C=O) groups is 3. The van der Waals surface area contributed by atoms with Gasteiger partial charge in [0.15, 0.2) is 17.1 Å². The molecule has 4 aliphatic carbocycles. The second-order valence-corrected chi connectivity index (χ2v) is 11.8. The summed E-state index contributed by atoms with van der Waals surface area (Å²) in [6.07, 6.45) is 4.93. The molecule has 0 radical (unpaired) electrons. The van der Waals surface area contributed by atoms with Gasteiger partial charge in [0.05, 0.1) is 6.10 Å². The number of carbonyl (C=O) groups excluding carboxylic acids is 3. The molecule has 0 aromatic carbocycles. The highest BCUT2D eigenvalue weighted by Crippen LogP contribution is 2.71. The van der Waals surface area contributed by atoms with E-state index in [2.05, 4.69) is 15.9 Å². The number of halogens is 2. The van der Waals surface area contributed by atoms with Gasteiger partial charge in [0, 0.05) is 40.8 Å². The van der Waals surface area contributed by atoms with E-state index in [4.69, 9.17) is 4.74 Å². The normalized spacial score (nSPS) is 45.1. The second kappa shape index (κ2) is 8.63. The zero-order chi connectivity index (χ0) is 25.1. The van der Waals surface area contributed by atoms with E-state index in [9.17, 15) is 24.6 Å². The Morgan fingerprint density at radius 1 is 1.29 bits per heavy atom. The van der Waals surface area contributed by atoms with Gasteiger partial charge < -0.3 is 14.9 Å². The standard InChI is InChI=1S/C26H34BrFO6/c1-15-11-19-18-7-6-16-12-17(30)8-9-23(16,2)25(18,28)20(31)13-24(19,3)26(15,21(32)14-29)34-22(33)5-4-10-27/h6,8-9,15,18-20,29,31H,4-5,7,10-14H2,1-3H3/t15-,18?,19?,20-,23-,24-,25-,26-/m0/s1. The van der Waals surface area contributed by atoms with Crippen LogP contribution in [0.15, 0.2) is 23.8 Å². The fourth-order valence-corrected chi connectivity index (χ4v) is 8.14. The topological polar surface area (TPSA) is 101 Å². The Bertz CT molecular complexity index is 963. The molecule has 0 aromatic heterocycles. The van der Waals surface area contributed by atoms with Crippen molar-refractivity contribution in [3.8, 4) is 0 Å². The van der Waals surface area contributed by atoms with Crippen LogP contribution in [-0.4, -0.2) is 57.1 Å². The summed E-state index contributed by atoms with van der Waals surface area (Å²) in [4.78, 5) is 38.1. The fraction of sp³-hybridized carbons (Fsp3) is 0.731. The average Bonchev–Trinajstić information content (AvgIpc) is 3.00. The lowest BCUT2D eigenvalue weighted by atomic mass is 9.45. The van der Waals surface area contributed by atoms with Crippen molar-refractivity contribution in [1.29, 1.82) is 0 Å². The molecule has 2 N–H and O–H groups in total. The van der Waals surface area contributed by atoms with Crippen LogP contribution in [0.5, 0.6) is 0 Å². The van der Waals surface area contributed by atoms with Crippen LogP contribution in [0.25, 0.3) is 0 Å². The fourth-order valence-electron chi connectivity index (χ4n) is 7.86. The Hall–Kier alpha value is -1.38. The Kier molecular flexibility index (Phi) is 6.52. The first kappa shape index (κ1) is 25.7. The molecule has 0 aromatic rings. The lowest BCUT2D eigenvalue weighted by Crippen LogP contribution is -2.69. The third-order valence-electron chi connectivity index (χ3n) is 9.49. The van der Waals surface area contributed by atoms with E-state index in [0.29, 0.717) is 30.2 Å². The molecular formula is C26H34BrFO6. The van der Waals surface area contributed by atoms with Crippen LogP contribution in [-0.2, 0) is 19.1 Å². The molecule has 34 heavy (non-hydrogen) atoms. The molecular weight excluding hydrogens is 507 g/mol. The molecule has 0 saturated heterocycles. The smallest absolute Gasteiger partial charge is 0.306 e. The molecule has 0 amide bonds. The minimum atomic E-state index is -2.03. The minimum absolute atomic E-state index is 0.0849. The molecule has 0 bridgehead atoms. The molecule has 8 heteroatoms. The van der Waals surface area contributed by atoms with Crippen LogP contribution < -0.4 is 0 Å². The first-order chi connectivity index (χ1) is 15.9. The predicted octanol–water partition coefficient (Wildman–Crippen LogP) is 3.62. The maximum absolute atomic E-state index is 17.3. The van der Waals surface area contributed by atoms with Crippen LogP contribution in [0.1, 0.15) is 59.3 Å². The first-order valence-electron chi connectivity index (χ1n) is 12.1. The summed E-state index contributed by atoms with van der Waals surface area (Å²) in [5, 5.41) is 22.0. The van der Waals surface area contributed by atoms with Gasteiger partial charge in [-0.2, -0.15) is 0 Å². The van der Waals surface area contributed by atoms with Crippen molar-refractivity contribution in [2.75, 3.05) is 11.9 Å². The number of esters is 1. The highest BCUT2D eigenvalue weighted by Gasteiger charge is 2.76. The Labute approximate surface area is 208 Å². The van der Waals surface area contributed by atoms with Crippen LogP contribution in [0.2, 0.25) is 0 Å². The number of aliphatic hydroxyl groups excluding tert-OH is 2. The maximum Gasteiger partial charge on any atom is 0.306 e. The molecule has 0 aliphatic heterocycles. The van der Waals surface area contributed by atoms with Gasteiger partial charge in [-0.15, -0.1) is 0 Å². The summed E-state index contributed by atoms with van der Waals surface area (Å²) in [7, 11) is 0. The van der Waals surface area contributed by atoms with Crippen LogP contribution in [0.4, 0.5) is 4.39 Å². The quantitative estimate of drug-likeness (QED) is 0.303. The highest BCUT2D eigenvalue weighted by molar-refractivity contribution is 9.09. The number of rotatable bonds is 6. The summed E-state index contributed by atoms with van der Waals surface area (Å²) < 4.78 is 23.2. The lowest BCUT2D eigenvalue weighted by Gasteiger charge is -2.62. The number of ketones is 2. The molecule has 8 atom stereocenters. The molecule has 4 rings (SSSR count). The number of allylic oxidation sites excluding steroid dienone is 4. The molecule has 2 unspecified atom stereocenters. The number of Topliss-reactive ketones (excluding diaryl/α,β-unsaturated/α-hetero) is 1. The zero-order valence-electron chi connectivity index (χ0n) is 20.0. The van der Waals surface area contributed by atoms with Crippen molar-refractivity contribution in [3.63, 3.8) is 0 Å². The maximum atomic E-state index is 17.3. The van der Waals surface area contributed by atoms with Crippen LogP contribution >= 0.6 is 15.9 Å². The van der Waals surface area contributed by atoms with E-state index in [1.807, 2.05) is 13.0 Å². The summed E-state index contributed by atoms with van der Waals surface area (Å²) in [6, 6.07) is 0. The third kappa shape index (κ3) is 3.20. The lowest BCUT2D eigenvalue weighted by molar-refractivity contribution is -0.225. The van der Waals surface area contributed by atoms with Gasteiger partial charge in [0.1, 0.15) is 6.61 Å². The number of alkyl halides is 2. The molecule has 0 spiro atoms. The average molecular weight is 541 g/mol. The summed E-state index contributed by atoms with van der Waals surface area (Å²) in [6.45, 7) is 4.56. The molecule has 0 heterocycles. The minimum Gasteiger partial charge on any atom is -0.450 e. The van der Waals surface area contributed by atoms with Crippen molar-refractivity contribution in [3.05, 3.63) is 23.8 Å². The van der Waals surface area contributed by atoms with Gasteiger partial charge in [0.25, 0.3) is 0 Å². The van der Waals surface area contributed by atoms with Gasteiger partial charge in [-0.05, 0) is 44.6 Å². The van der Waals surface area contributed by atoms with Gasteiger partial charge in [-0.1, -0.05) is 47.5 Å². The number of hydrogen-bond acceptors (Lipinski definition) is 6. The van der Waals surface area contributed by atoms with Crippen molar-refractivity contribution >= 4 is 33.5 Å². The Morgan fingerprint density at radius 3 is 2.65 bits per heavy atom. The van der Waals surface area contributed by atoms with E-state index in [1.54, 1.807) is 19.9 Å². The number of fused-ring (bicyclic) bond motifs is 5. The summed E-state index contributed by atoms with van der Waals surface area (Å²) in [5.74, 6) is -2.67. The van der Waals surface area contributed by atoms with Crippen molar-refractivity contribution in [2.24, 2.45) is 28.6 Å². The van der Waals surface area contributed by atoms with E-state index < -0.39 is 58.4 Å². The summed E-state index contributed by atoms with van der Waals surface area (Å²) >= 11 is 3.29. The van der Waals surface area contributed by atoms with E-state index in [0.717, 1.165) is 0 Å². The third-order valence-corrected chi connectivity index (χ3v) is 10.1. The monoisotopic (exact) mass is 540 g/mol. The predicted molar refractivity (Wildman–Crippen MR) is 127 cm³/mol. The highest BCUT2D eigenvalue weighted by atomic mass is 79.9. The SMILES string of the molecule is C[C@H]1CC2C3CC=C4CC(=O)C=C[C@]4(C)[C@@]3(F)[C@@H](O)C[C@]2(C)[C@@]1(OC(=O)CCCBr)C(=O)CO. The number of aliphatic hydroxyl groups is 2. The molecule has 2 fully saturated rings. The largest absolute Gasteiger partial charge is 0.450 e. The second-order valence-electron chi connectivity index (χ2n) is 11.0. The van der Waals surface area contributed by atoms with Crippen molar-refractivity contribution < 1.29 is 33.7 Å². The summed E-state index contributed by atoms with van der Waals surface area (Å²) in [5.41, 5.74) is -5.16. The number of hydrogen-bond donors (Lipinski definition) is 2. The molecule has 2 saturated carbocycles. The zero-order valence-corrected chi connectivity index (χ0v) is 21.6. The van der Waals surface area contributed by atoms with Gasteiger partial charge >= 0.3 is 5.97 Å². The number of ether oxygens (including phenoxy) is 1. The van der Waals surface area contributed by atoms with Gasteiger partial charge in [0.2, 0.25) is 5.78 Å². The van der Waals surface area contributed by atoms with Gasteiger partial charge in [-0.25, -0.2) is 4.39 Å². The van der Waals surface area contributed by atoms with Crippen molar-refractivity contribution in [2.45, 2.75) is 76.7 Å². The molecule has 4 aliphatic rings. The van der Waals surface area contributed by atoms with E-state index in [1.165, 1.54) is 6.08 Å².